The minimum absolute atomic E-state index is 0.0653. The number of carbonyl (C=O) groups is 1. The lowest BCUT2D eigenvalue weighted by molar-refractivity contribution is -0.144. The Balaban J connectivity index is 2.05. The number of amides is 1. The molecule has 1 aromatic carbocycles. The van der Waals surface area contributed by atoms with Crippen LogP contribution in [0.15, 0.2) is 29.2 Å². The van der Waals surface area contributed by atoms with Crippen LogP contribution in [0.4, 0.5) is 26.3 Å². The number of alkyl halides is 6. The van der Waals surface area contributed by atoms with Crippen LogP contribution in [0.1, 0.15) is 51.0 Å². The number of carbonyl (C=O) groups excluding carboxylic acids is 1. The van der Waals surface area contributed by atoms with Crippen LogP contribution in [0.5, 0.6) is 0 Å². The third-order valence-corrected chi connectivity index (χ3v) is 7.74. The monoisotopic (exact) mass is 445 g/mol. The van der Waals surface area contributed by atoms with E-state index in [1.165, 1.54) is 6.92 Å². The summed E-state index contributed by atoms with van der Waals surface area (Å²) in [7, 11) is -4.09. The zero-order valence-electron chi connectivity index (χ0n) is 15.5. The summed E-state index contributed by atoms with van der Waals surface area (Å²) in [6, 6.07) is 3.06. The molecule has 0 aliphatic heterocycles. The maximum absolute atomic E-state index is 13.0. The molecule has 0 bridgehead atoms. The Labute approximate surface area is 164 Å². The van der Waals surface area contributed by atoms with Gasteiger partial charge in [-0.25, -0.2) is 8.42 Å². The Bertz CT molecular complexity index is 840. The van der Waals surface area contributed by atoms with Crippen molar-refractivity contribution in [3.63, 3.8) is 0 Å². The van der Waals surface area contributed by atoms with E-state index in [1.54, 1.807) is 0 Å². The van der Waals surface area contributed by atoms with E-state index in [4.69, 9.17) is 0 Å². The molecule has 0 unspecified atom stereocenters. The second kappa shape index (κ2) is 8.16. The Kier molecular flexibility index (Phi) is 6.61. The van der Waals surface area contributed by atoms with Crippen molar-refractivity contribution in [2.45, 2.75) is 73.5 Å². The number of hydrogen-bond acceptors (Lipinski definition) is 3. The molecule has 11 heteroatoms. The van der Waals surface area contributed by atoms with Crippen LogP contribution in [0.3, 0.4) is 0 Å². The minimum Gasteiger partial charge on any atom is -0.353 e. The summed E-state index contributed by atoms with van der Waals surface area (Å²) >= 11 is 0. The number of benzene rings is 1. The number of rotatable bonds is 5. The van der Waals surface area contributed by atoms with Crippen molar-refractivity contribution in [2.75, 3.05) is 0 Å². The molecule has 0 saturated heterocycles. The lowest BCUT2D eigenvalue weighted by atomic mass is 9.86. The van der Waals surface area contributed by atoms with Gasteiger partial charge in [-0.1, -0.05) is 6.07 Å². The van der Waals surface area contributed by atoms with Gasteiger partial charge < -0.3 is 5.32 Å². The molecule has 0 aromatic heterocycles. The van der Waals surface area contributed by atoms with E-state index in [0.717, 1.165) is 18.2 Å². The summed E-state index contributed by atoms with van der Waals surface area (Å²) in [5.41, 5.74) is -1.06. The van der Waals surface area contributed by atoms with Crippen LogP contribution in [0, 0.1) is 0 Å². The summed E-state index contributed by atoms with van der Waals surface area (Å²) in [5, 5.41) is 2.47. The fourth-order valence-electron chi connectivity index (χ4n) is 3.32. The highest BCUT2D eigenvalue weighted by Gasteiger charge is 2.44. The first kappa shape index (κ1) is 23.5. The molecule has 1 aromatic rings. The Morgan fingerprint density at radius 3 is 2.24 bits per heavy atom. The van der Waals surface area contributed by atoms with Crippen molar-refractivity contribution in [2.24, 2.45) is 0 Å². The van der Waals surface area contributed by atoms with E-state index in [-0.39, 0.29) is 25.7 Å². The first-order valence-corrected chi connectivity index (χ1v) is 10.4. The third-order valence-electron chi connectivity index (χ3n) is 5.16. The maximum atomic E-state index is 13.0. The normalized spacial score (nSPS) is 23.6. The molecule has 1 amide bonds. The Hall–Kier alpha value is -1.78. The minimum atomic E-state index is -4.68. The molecule has 0 atom stereocenters. The van der Waals surface area contributed by atoms with Crippen molar-refractivity contribution >= 4 is 15.7 Å². The zero-order valence-corrected chi connectivity index (χ0v) is 16.3. The highest BCUT2D eigenvalue weighted by atomic mass is 32.2. The molecule has 1 saturated carbocycles. The predicted octanol–water partition coefficient (Wildman–Crippen LogP) is 4.64. The van der Waals surface area contributed by atoms with Gasteiger partial charge in [0.15, 0.2) is 9.84 Å². The quantitative estimate of drug-likeness (QED) is 0.672. The van der Waals surface area contributed by atoms with Gasteiger partial charge >= 0.3 is 12.4 Å². The Morgan fingerprint density at radius 1 is 1.14 bits per heavy atom. The van der Waals surface area contributed by atoms with Gasteiger partial charge in [0.1, 0.15) is 0 Å². The van der Waals surface area contributed by atoms with Crippen molar-refractivity contribution in [1.82, 2.24) is 5.32 Å². The van der Waals surface area contributed by atoms with Gasteiger partial charge in [-0.2, -0.15) is 26.3 Å². The molecule has 1 aliphatic carbocycles. The number of hydrogen-bond donors (Lipinski definition) is 1. The predicted molar refractivity (Wildman–Crippen MR) is 92.7 cm³/mol. The van der Waals surface area contributed by atoms with Crippen molar-refractivity contribution in [1.29, 1.82) is 0 Å². The highest BCUT2D eigenvalue weighted by molar-refractivity contribution is 7.92. The van der Waals surface area contributed by atoms with Crippen LogP contribution in [-0.2, 0) is 20.8 Å². The molecule has 1 N–H and O–H groups in total. The fourth-order valence-corrected chi connectivity index (χ4v) is 5.20. The number of nitrogens with one attached hydrogen (secondary N) is 1. The van der Waals surface area contributed by atoms with Gasteiger partial charge in [0, 0.05) is 12.5 Å². The van der Waals surface area contributed by atoms with Crippen molar-refractivity contribution in [3.05, 3.63) is 29.8 Å². The van der Waals surface area contributed by atoms with Gasteiger partial charge in [-0.3, -0.25) is 4.79 Å². The van der Waals surface area contributed by atoms with E-state index >= 15 is 0 Å². The van der Waals surface area contributed by atoms with Crippen molar-refractivity contribution in [3.8, 4) is 0 Å². The maximum Gasteiger partial charge on any atom is 0.416 e. The number of halogens is 6. The molecular weight excluding hydrogens is 424 g/mol. The lowest BCUT2D eigenvalue weighted by Gasteiger charge is -2.37. The van der Waals surface area contributed by atoms with E-state index in [1.807, 2.05) is 0 Å². The molecule has 1 aliphatic rings. The summed E-state index contributed by atoms with van der Waals surface area (Å²) in [4.78, 5) is 11.2. The van der Waals surface area contributed by atoms with Gasteiger partial charge in [-0.15, -0.1) is 0 Å². The van der Waals surface area contributed by atoms with Crippen LogP contribution < -0.4 is 5.32 Å². The molecule has 29 heavy (non-hydrogen) atoms. The largest absolute Gasteiger partial charge is 0.416 e. The molecule has 1 fully saturated rings. The average Bonchev–Trinajstić information content (AvgIpc) is 2.61. The second-order valence-corrected chi connectivity index (χ2v) is 9.90. The van der Waals surface area contributed by atoms with Gasteiger partial charge in [0.05, 0.1) is 21.6 Å². The second-order valence-electron chi connectivity index (χ2n) is 7.44. The highest BCUT2D eigenvalue weighted by Crippen LogP contribution is 2.40. The molecule has 4 nitrogen and oxygen atoms in total. The van der Waals surface area contributed by atoms with Crippen LogP contribution in [-0.4, -0.2) is 31.3 Å². The van der Waals surface area contributed by atoms with E-state index in [2.05, 4.69) is 5.32 Å². The molecule has 0 heterocycles. The number of sulfone groups is 1. The van der Waals surface area contributed by atoms with Gasteiger partial charge in [0.25, 0.3) is 0 Å². The molecule has 2 rings (SSSR count). The van der Waals surface area contributed by atoms with Gasteiger partial charge in [0.2, 0.25) is 5.91 Å². The van der Waals surface area contributed by atoms with Gasteiger partial charge in [-0.05, 0) is 50.8 Å². The van der Waals surface area contributed by atoms with Crippen LogP contribution in [0.2, 0.25) is 0 Å². The van der Waals surface area contributed by atoms with E-state index in [9.17, 15) is 39.6 Å². The third kappa shape index (κ3) is 5.86. The molecular formula is C18H21F6NO3S. The summed E-state index contributed by atoms with van der Waals surface area (Å²) in [6.07, 6.45) is -10.5. The molecule has 0 spiro atoms. The zero-order chi connectivity index (χ0) is 22.1. The first-order chi connectivity index (χ1) is 13.1. The first-order valence-electron chi connectivity index (χ1n) is 8.92. The Morgan fingerprint density at radius 2 is 1.72 bits per heavy atom. The lowest BCUT2D eigenvalue weighted by Crippen LogP contribution is -2.45. The van der Waals surface area contributed by atoms with Crippen LogP contribution >= 0.6 is 0 Å². The molecule has 0 radical (unpaired) electrons. The summed E-state index contributed by atoms with van der Waals surface area (Å²) < 4.78 is 99.8. The molecule has 164 valence electrons. The topological polar surface area (TPSA) is 63.2 Å². The van der Waals surface area contributed by atoms with Crippen LogP contribution in [0.25, 0.3) is 0 Å². The average molecular weight is 445 g/mol. The van der Waals surface area contributed by atoms with E-state index in [0.29, 0.717) is 6.07 Å². The van der Waals surface area contributed by atoms with Crippen molar-refractivity contribution < 1.29 is 39.6 Å². The standard InChI is InChI=1S/C18H21F6NO3S/c1-16(29(27,28)14-4-2-3-12(11-14)18(22,23)24)8-5-13(6-9-16)25-15(26)7-10-17(19,20)21/h2-4,11,13H,5-10H2,1H3,(H,25,26). The fraction of sp³-hybridized carbons (Fsp3) is 0.611. The smallest absolute Gasteiger partial charge is 0.353 e. The summed E-state index contributed by atoms with van der Waals surface area (Å²) in [6.45, 7) is 1.43. The summed E-state index contributed by atoms with van der Waals surface area (Å²) in [5.74, 6) is -0.767. The SMILES string of the molecule is CC1(S(=O)(=O)c2cccc(C(F)(F)F)c2)CCC(NC(=O)CCC(F)(F)F)CC1. The van der Waals surface area contributed by atoms with E-state index < -0.39 is 62.2 Å².